The second-order valence-corrected chi connectivity index (χ2v) is 7.92. The maximum Gasteiger partial charge on any atom is 0.338 e. The van der Waals surface area contributed by atoms with Gasteiger partial charge in [-0.25, -0.2) is 4.79 Å². The topological polar surface area (TPSA) is 55.4 Å². The molecule has 1 fully saturated rings. The van der Waals surface area contributed by atoms with E-state index in [1.54, 1.807) is 24.3 Å². The van der Waals surface area contributed by atoms with Gasteiger partial charge in [0, 0.05) is 11.6 Å². The van der Waals surface area contributed by atoms with E-state index < -0.39 is 0 Å². The van der Waals surface area contributed by atoms with Crippen molar-refractivity contribution in [1.29, 1.82) is 0 Å². The zero-order chi connectivity index (χ0) is 18.9. The molecule has 1 aliphatic rings. The first kappa shape index (κ1) is 20.5. The number of esters is 1. The van der Waals surface area contributed by atoms with Crippen molar-refractivity contribution in [3.05, 3.63) is 29.8 Å². The highest BCUT2D eigenvalue weighted by Crippen LogP contribution is 2.32. The minimum absolute atomic E-state index is 0.106. The van der Waals surface area contributed by atoms with Crippen LogP contribution in [0, 0.1) is 17.8 Å². The lowest BCUT2D eigenvalue weighted by atomic mass is 9.79. The summed E-state index contributed by atoms with van der Waals surface area (Å²) in [6.45, 7) is 6.65. The van der Waals surface area contributed by atoms with Gasteiger partial charge in [-0.2, -0.15) is 0 Å². The van der Waals surface area contributed by atoms with E-state index >= 15 is 0 Å². The smallest absolute Gasteiger partial charge is 0.338 e. The summed E-state index contributed by atoms with van der Waals surface area (Å²) in [6.07, 6.45) is 8.16. The fraction of sp³-hybridized carbons (Fsp3) is 0.636. The van der Waals surface area contributed by atoms with Crippen LogP contribution in [-0.2, 0) is 9.53 Å². The summed E-state index contributed by atoms with van der Waals surface area (Å²) < 4.78 is 5.22. The number of carbonyl (C=O) groups excluding carboxylic acids is 2. The van der Waals surface area contributed by atoms with E-state index in [0.717, 1.165) is 24.4 Å². The predicted octanol–water partition coefficient (Wildman–Crippen LogP) is 5.43. The van der Waals surface area contributed by atoms with E-state index in [-0.39, 0.29) is 17.8 Å². The average molecular weight is 360 g/mol. The summed E-state index contributed by atoms with van der Waals surface area (Å²) in [6, 6.07) is 6.97. The van der Waals surface area contributed by atoms with Crippen LogP contribution >= 0.6 is 0 Å². The van der Waals surface area contributed by atoms with E-state index in [4.69, 9.17) is 4.74 Å². The molecule has 0 aromatic heterocycles. The molecule has 1 N–H and O–H groups in total. The van der Waals surface area contributed by atoms with Gasteiger partial charge < -0.3 is 10.1 Å². The monoisotopic (exact) mass is 359 g/mol. The first-order valence-corrected chi connectivity index (χ1v) is 10.1. The molecule has 1 amide bonds. The molecule has 1 aromatic rings. The molecule has 0 aliphatic heterocycles. The number of rotatable bonds is 8. The van der Waals surface area contributed by atoms with Crippen LogP contribution in [0.2, 0.25) is 0 Å². The van der Waals surface area contributed by atoms with Crippen LogP contribution in [0.1, 0.15) is 76.1 Å². The standard InChI is InChI=1S/C22H33NO3/c1-4-5-6-17-7-9-18(10-8-17)21(24)23-20-13-11-19(12-14-20)22(25)26-15-16(2)3/h11-14,16-18H,4-10,15H2,1-3H3,(H,23,24). The van der Waals surface area contributed by atoms with Crippen LogP contribution in [0.25, 0.3) is 0 Å². The largest absolute Gasteiger partial charge is 0.462 e. The summed E-state index contributed by atoms with van der Waals surface area (Å²) in [5.41, 5.74) is 1.25. The summed E-state index contributed by atoms with van der Waals surface area (Å²) in [7, 11) is 0. The Kier molecular flexibility index (Phi) is 8.14. The molecule has 0 atom stereocenters. The minimum Gasteiger partial charge on any atom is -0.462 e. The molecule has 0 saturated heterocycles. The quantitative estimate of drug-likeness (QED) is 0.629. The van der Waals surface area contributed by atoms with Gasteiger partial charge in [-0.1, -0.05) is 40.0 Å². The number of unbranched alkanes of at least 4 members (excludes halogenated alkanes) is 1. The number of amides is 1. The third-order valence-corrected chi connectivity index (χ3v) is 5.12. The van der Waals surface area contributed by atoms with Crippen molar-refractivity contribution in [3.8, 4) is 0 Å². The lowest BCUT2D eigenvalue weighted by Crippen LogP contribution is -2.27. The molecular formula is C22H33NO3. The Morgan fingerprint density at radius 3 is 2.35 bits per heavy atom. The zero-order valence-corrected chi connectivity index (χ0v) is 16.4. The normalized spacial score (nSPS) is 20.0. The molecule has 0 unspecified atom stereocenters. The van der Waals surface area contributed by atoms with Crippen LogP contribution in [0.15, 0.2) is 24.3 Å². The lowest BCUT2D eigenvalue weighted by Gasteiger charge is -2.27. The number of anilines is 1. The Labute approximate surface area is 157 Å². The second-order valence-electron chi connectivity index (χ2n) is 7.92. The van der Waals surface area contributed by atoms with Gasteiger partial charge in [-0.05, 0) is 61.8 Å². The molecule has 2 rings (SSSR count). The van der Waals surface area contributed by atoms with Crippen LogP contribution < -0.4 is 5.32 Å². The van der Waals surface area contributed by atoms with E-state index in [2.05, 4.69) is 12.2 Å². The maximum atomic E-state index is 12.5. The minimum atomic E-state index is -0.318. The predicted molar refractivity (Wildman–Crippen MR) is 105 cm³/mol. The van der Waals surface area contributed by atoms with Crippen molar-refractivity contribution in [2.24, 2.45) is 17.8 Å². The van der Waals surface area contributed by atoms with Gasteiger partial charge in [0.05, 0.1) is 12.2 Å². The third-order valence-electron chi connectivity index (χ3n) is 5.12. The molecule has 1 saturated carbocycles. The molecule has 0 bridgehead atoms. The SMILES string of the molecule is CCCCC1CCC(C(=O)Nc2ccc(C(=O)OCC(C)C)cc2)CC1. The van der Waals surface area contributed by atoms with Gasteiger partial charge in [0.15, 0.2) is 0 Å². The molecule has 0 radical (unpaired) electrons. The summed E-state index contributed by atoms with van der Waals surface area (Å²) >= 11 is 0. The van der Waals surface area contributed by atoms with Crippen molar-refractivity contribution >= 4 is 17.6 Å². The molecule has 144 valence electrons. The van der Waals surface area contributed by atoms with E-state index in [9.17, 15) is 9.59 Å². The Hall–Kier alpha value is -1.84. The molecule has 26 heavy (non-hydrogen) atoms. The maximum absolute atomic E-state index is 12.5. The Morgan fingerprint density at radius 2 is 1.77 bits per heavy atom. The summed E-state index contributed by atoms with van der Waals surface area (Å²) in [4.78, 5) is 24.4. The highest BCUT2D eigenvalue weighted by molar-refractivity contribution is 5.94. The molecular weight excluding hydrogens is 326 g/mol. The molecule has 0 spiro atoms. The Balaban J connectivity index is 1.80. The van der Waals surface area contributed by atoms with E-state index in [1.807, 2.05) is 13.8 Å². The van der Waals surface area contributed by atoms with Crippen LogP contribution in [0.4, 0.5) is 5.69 Å². The third kappa shape index (κ3) is 6.47. The number of nitrogens with one attached hydrogen (secondary N) is 1. The van der Waals surface area contributed by atoms with Crippen molar-refractivity contribution < 1.29 is 14.3 Å². The summed E-state index contributed by atoms with van der Waals surface area (Å²) in [5.74, 6) is 1.02. The Morgan fingerprint density at radius 1 is 1.12 bits per heavy atom. The highest BCUT2D eigenvalue weighted by Gasteiger charge is 2.26. The molecule has 4 nitrogen and oxygen atoms in total. The van der Waals surface area contributed by atoms with Gasteiger partial charge in [0.25, 0.3) is 0 Å². The van der Waals surface area contributed by atoms with Gasteiger partial charge in [0.1, 0.15) is 0 Å². The van der Waals surface area contributed by atoms with Gasteiger partial charge >= 0.3 is 5.97 Å². The van der Waals surface area contributed by atoms with Gasteiger partial charge in [0.2, 0.25) is 5.91 Å². The Bertz CT molecular complexity index is 572. The number of hydrogen-bond donors (Lipinski definition) is 1. The number of ether oxygens (including phenoxy) is 1. The van der Waals surface area contributed by atoms with Crippen molar-refractivity contribution in [2.75, 3.05) is 11.9 Å². The van der Waals surface area contributed by atoms with Crippen LogP contribution in [-0.4, -0.2) is 18.5 Å². The van der Waals surface area contributed by atoms with Gasteiger partial charge in [-0.3, -0.25) is 4.79 Å². The molecule has 1 aliphatic carbocycles. The van der Waals surface area contributed by atoms with Crippen molar-refractivity contribution in [1.82, 2.24) is 0 Å². The van der Waals surface area contributed by atoms with E-state index in [0.29, 0.717) is 18.1 Å². The number of carbonyl (C=O) groups is 2. The summed E-state index contributed by atoms with van der Waals surface area (Å²) in [5, 5.41) is 2.99. The van der Waals surface area contributed by atoms with Gasteiger partial charge in [-0.15, -0.1) is 0 Å². The number of benzene rings is 1. The second kappa shape index (κ2) is 10.3. The lowest BCUT2D eigenvalue weighted by molar-refractivity contribution is -0.121. The molecule has 1 aromatic carbocycles. The van der Waals surface area contributed by atoms with Crippen molar-refractivity contribution in [2.45, 2.75) is 65.7 Å². The zero-order valence-electron chi connectivity index (χ0n) is 16.4. The molecule has 4 heteroatoms. The first-order valence-electron chi connectivity index (χ1n) is 10.1. The first-order chi connectivity index (χ1) is 12.5. The van der Waals surface area contributed by atoms with E-state index in [1.165, 1.54) is 32.1 Å². The molecule has 0 heterocycles. The number of hydrogen-bond acceptors (Lipinski definition) is 3. The van der Waals surface area contributed by atoms with Crippen LogP contribution in [0.5, 0.6) is 0 Å². The fourth-order valence-corrected chi connectivity index (χ4v) is 3.47. The average Bonchev–Trinajstić information content (AvgIpc) is 2.65. The highest BCUT2D eigenvalue weighted by atomic mass is 16.5. The van der Waals surface area contributed by atoms with Crippen LogP contribution in [0.3, 0.4) is 0 Å². The fourth-order valence-electron chi connectivity index (χ4n) is 3.47. The van der Waals surface area contributed by atoms with Crippen molar-refractivity contribution in [3.63, 3.8) is 0 Å².